The number of nitrogens with one attached hydrogen (secondary N) is 1. The third kappa shape index (κ3) is 5.46. The molecule has 2 atom stereocenters. The molecule has 0 saturated carbocycles. The van der Waals surface area contributed by atoms with E-state index in [1.54, 1.807) is 24.3 Å². The van der Waals surface area contributed by atoms with E-state index in [-0.39, 0.29) is 35.8 Å². The normalized spacial score (nSPS) is 21.8. The Kier molecular flexibility index (Phi) is 7.55. The summed E-state index contributed by atoms with van der Waals surface area (Å²) in [5.41, 5.74) is 2.18. The topological polar surface area (TPSA) is 130 Å². The van der Waals surface area contributed by atoms with Crippen LogP contribution in [0.25, 0.3) is 0 Å². The van der Waals surface area contributed by atoms with Crippen molar-refractivity contribution < 1.29 is 31.8 Å². The molecule has 5 rings (SSSR count). The Balaban J connectivity index is 1.22. The number of hydrogen-bond acceptors (Lipinski definition) is 8. The number of rotatable bonds is 8. The smallest absolute Gasteiger partial charge is 0.296 e. The zero-order chi connectivity index (χ0) is 27.7. The van der Waals surface area contributed by atoms with Crippen molar-refractivity contribution in [3.05, 3.63) is 59.2 Å². The second-order valence-electron chi connectivity index (χ2n) is 10.3. The van der Waals surface area contributed by atoms with Crippen molar-refractivity contribution in [3.8, 4) is 0 Å². The Morgan fingerprint density at radius 3 is 2.51 bits per heavy atom. The molecule has 2 saturated heterocycles. The summed E-state index contributed by atoms with van der Waals surface area (Å²) in [5, 5.41) is 2.22. The summed E-state index contributed by atoms with van der Waals surface area (Å²) in [6.07, 6.45) is 3.35. The first-order valence-electron chi connectivity index (χ1n) is 13.2. The fourth-order valence-electron chi connectivity index (χ4n) is 5.59. The maximum atomic E-state index is 13.5. The van der Waals surface area contributed by atoms with Gasteiger partial charge in [-0.1, -0.05) is 23.8 Å². The van der Waals surface area contributed by atoms with Crippen LogP contribution in [0, 0.1) is 12.8 Å². The second kappa shape index (κ2) is 10.9. The molecule has 11 heteroatoms. The van der Waals surface area contributed by atoms with Gasteiger partial charge in [0, 0.05) is 19.5 Å². The predicted molar refractivity (Wildman–Crippen MR) is 142 cm³/mol. The van der Waals surface area contributed by atoms with Gasteiger partial charge in [-0.2, -0.15) is 8.42 Å². The molecule has 39 heavy (non-hydrogen) atoms. The van der Waals surface area contributed by atoms with E-state index in [0.29, 0.717) is 30.8 Å². The fourth-order valence-corrected chi connectivity index (χ4v) is 6.54. The molecular weight excluding hydrogens is 522 g/mol. The molecule has 0 spiro atoms. The molecule has 3 heterocycles. The van der Waals surface area contributed by atoms with Gasteiger partial charge >= 0.3 is 0 Å². The van der Waals surface area contributed by atoms with Gasteiger partial charge in [0.25, 0.3) is 21.9 Å². The molecule has 0 aliphatic carbocycles. The van der Waals surface area contributed by atoms with Crippen molar-refractivity contribution in [1.82, 2.24) is 10.2 Å². The zero-order valence-corrected chi connectivity index (χ0v) is 22.5. The predicted octanol–water partition coefficient (Wildman–Crippen LogP) is 2.80. The molecule has 206 valence electrons. The van der Waals surface area contributed by atoms with E-state index in [1.165, 1.54) is 12.1 Å². The van der Waals surface area contributed by atoms with Crippen LogP contribution in [0.5, 0.6) is 0 Å². The highest BCUT2D eigenvalue weighted by Gasteiger charge is 2.46. The Labute approximate surface area is 227 Å². The van der Waals surface area contributed by atoms with Crippen molar-refractivity contribution in [2.75, 3.05) is 24.6 Å². The molecule has 2 aromatic rings. The first kappa shape index (κ1) is 27.0. The number of carbonyl (C=O) groups is 4. The van der Waals surface area contributed by atoms with E-state index in [0.717, 1.165) is 29.7 Å². The second-order valence-corrected chi connectivity index (χ2v) is 11.9. The third-order valence-electron chi connectivity index (χ3n) is 7.61. The van der Waals surface area contributed by atoms with Crippen molar-refractivity contribution in [1.29, 1.82) is 0 Å². The average Bonchev–Trinajstić information content (AvgIpc) is 3.17. The molecule has 2 unspecified atom stereocenters. The minimum absolute atomic E-state index is 0.0699. The lowest BCUT2D eigenvalue weighted by molar-refractivity contribution is -0.136. The van der Waals surface area contributed by atoms with Crippen LogP contribution in [0.4, 0.5) is 5.69 Å². The molecule has 3 aliphatic heterocycles. The lowest BCUT2D eigenvalue weighted by Crippen LogP contribution is -2.54. The number of anilines is 1. The number of nitrogens with zero attached hydrogens (tertiary/aromatic N) is 2. The first-order chi connectivity index (χ1) is 18.7. The number of hydrogen-bond donors (Lipinski definition) is 1. The highest BCUT2D eigenvalue weighted by atomic mass is 32.2. The van der Waals surface area contributed by atoms with Gasteiger partial charge in [-0.25, -0.2) is 0 Å². The molecule has 0 bridgehead atoms. The van der Waals surface area contributed by atoms with Crippen LogP contribution < -0.4 is 10.2 Å². The molecule has 3 aliphatic rings. The Morgan fingerprint density at radius 2 is 1.77 bits per heavy atom. The van der Waals surface area contributed by atoms with Gasteiger partial charge in [0.15, 0.2) is 0 Å². The fraction of sp³-hybridized carbons (Fsp3) is 0.429. The standard InChI is InChI=1S/C28H31N3O7S/c1-18-9-11-20(12-10-18)39(36,37)38-16-4-6-19-5-3-15-30(17-19)22-8-2-7-21-25(22)28(35)31(27(21)34)23-13-14-24(32)29-26(23)33/h2,7-12,19,23H,3-6,13-17H2,1H3,(H,29,32,33). The van der Waals surface area contributed by atoms with Gasteiger partial charge in [-0.15, -0.1) is 0 Å². The van der Waals surface area contributed by atoms with Gasteiger partial charge in [-0.05, 0) is 69.2 Å². The van der Waals surface area contributed by atoms with Crippen LogP contribution in [0.15, 0.2) is 47.4 Å². The minimum Gasteiger partial charge on any atom is -0.371 e. The van der Waals surface area contributed by atoms with E-state index < -0.39 is 39.8 Å². The van der Waals surface area contributed by atoms with Crippen LogP contribution >= 0.6 is 0 Å². The largest absolute Gasteiger partial charge is 0.371 e. The number of amides is 4. The van der Waals surface area contributed by atoms with Crippen molar-refractivity contribution >= 4 is 39.4 Å². The van der Waals surface area contributed by atoms with E-state index in [4.69, 9.17) is 4.18 Å². The third-order valence-corrected chi connectivity index (χ3v) is 8.94. The maximum Gasteiger partial charge on any atom is 0.296 e. The van der Waals surface area contributed by atoms with Crippen molar-refractivity contribution in [2.24, 2.45) is 5.92 Å². The molecule has 2 fully saturated rings. The molecule has 10 nitrogen and oxygen atoms in total. The Bertz CT molecular complexity index is 1420. The SMILES string of the molecule is Cc1ccc(S(=O)(=O)OCCCC2CCCN(c3cccc4c3C(=O)N(C3CCC(=O)NC3=O)C4=O)C2)cc1. The van der Waals surface area contributed by atoms with Crippen LogP contribution in [0.3, 0.4) is 0 Å². The Hall–Kier alpha value is -3.57. The van der Waals surface area contributed by atoms with Gasteiger partial charge in [0.05, 0.1) is 28.3 Å². The van der Waals surface area contributed by atoms with E-state index in [9.17, 15) is 27.6 Å². The highest BCUT2D eigenvalue weighted by molar-refractivity contribution is 7.86. The van der Waals surface area contributed by atoms with E-state index in [2.05, 4.69) is 10.2 Å². The lowest BCUT2D eigenvalue weighted by Gasteiger charge is -2.35. The number of aryl methyl sites for hydroxylation is 1. The van der Waals surface area contributed by atoms with Crippen molar-refractivity contribution in [2.45, 2.75) is 56.4 Å². The number of piperidine rings is 2. The highest BCUT2D eigenvalue weighted by Crippen LogP contribution is 2.36. The van der Waals surface area contributed by atoms with Gasteiger partial charge in [0.2, 0.25) is 11.8 Å². The van der Waals surface area contributed by atoms with Crippen LogP contribution in [-0.2, 0) is 23.9 Å². The van der Waals surface area contributed by atoms with Crippen LogP contribution in [-0.4, -0.2) is 62.7 Å². The summed E-state index contributed by atoms with van der Waals surface area (Å²) in [6.45, 7) is 3.34. The summed E-state index contributed by atoms with van der Waals surface area (Å²) in [5.74, 6) is -1.82. The van der Waals surface area contributed by atoms with E-state index in [1.807, 2.05) is 13.0 Å². The summed E-state index contributed by atoms with van der Waals surface area (Å²) < 4.78 is 30.1. The Morgan fingerprint density at radius 1 is 1.00 bits per heavy atom. The lowest BCUT2D eigenvalue weighted by atomic mass is 9.92. The van der Waals surface area contributed by atoms with Gasteiger partial charge in [-0.3, -0.25) is 33.6 Å². The molecule has 0 aromatic heterocycles. The monoisotopic (exact) mass is 553 g/mol. The summed E-state index contributed by atoms with van der Waals surface area (Å²) in [7, 11) is -3.81. The van der Waals surface area contributed by atoms with Crippen LogP contribution in [0.1, 0.15) is 64.8 Å². The molecule has 1 N–H and O–H groups in total. The molecular formula is C28H31N3O7S. The average molecular weight is 554 g/mol. The summed E-state index contributed by atoms with van der Waals surface area (Å²) >= 11 is 0. The summed E-state index contributed by atoms with van der Waals surface area (Å²) in [4.78, 5) is 53.8. The van der Waals surface area contributed by atoms with Crippen LogP contribution in [0.2, 0.25) is 0 Å². The van der Waals surface area contributed by atoms with E-state index >= 15 is 0 Å². The molecule has 4 amide bonds. The maximum absolute atomic E-state index is 13.5. The quantitative estimate of drug-likeness (QED) is 0.300. The summed E-state index contributed by atoms with van der Waals surface area (Å²) in [6, 6.07) is 10.7. The van der Waals surface area contributed by atoms with Crippen molar-refractivity contribution in [3.63, 3.8) is 0 Å². The van der Waals surface area contributed by atoms with Gasteiger partial charge in [0.1, 0.15) is 6.04 Å². The number of imide groups is 2. The van der Waals surface area contributed by atoms with Gasteiger partial charge < -0.3 is 4.90 Å². The minimum atomic E-state index is -3.81. The number of fused-ring (bicyclic) bond motifs is 1. The number of benzene rings is 2. The zero-order valence-electron chi connectivity index (χ0n) is 21.7. The molecule has 2 aromatic carbocycles. The first-order valence-corrected chi connectivity index (χ1v) is 14.6. The number of carbonyl (C=O) groups excluding carboxylic acids is 4. The molecule has 0 radical (unpaired) electrons.